The highest BCUT2D eigenvalue weighted by Crippen LogP contribution is 2.35. The quantitative estimate of drug-likeness (QED) is 0.416. The molecule has 2 aliphatic rings. The molecule has 34 heavy (non-hydrogen) atoms. The van der Waals surface area contributed by atoms with Gasteiger partial charge < -0.3 is 14.5 Å². The van der Waals surface area contributed by atoms with E-state index >= 15 is 0 Å². The Balaban J connectivity index is 1.34. The van der Waals surface area contributed by atoms with Gasteiger partial charge in [-0.25, -0.2) is 0 Å². The molecule has 1 aliphatic heterocycles. The first-order chi connectivity index (χ1) is 16.5. The molecule has 3 aromatic rings. The number of carbonyl (C=O) groups is 2. The number of carbonyl (C=O) groups excluding carboxylic acids is 2. The van der Waals surface area contributed by atoms with E-state index in [4.69, 9.17) is 4.74 Å². The van der Waals surface area contributed by atoms with Gasteiger partial charge in [-0.3, -0.25) is 9.59 Å². The van der Waals surface area contributed by atoms with Crippen molar-refractivity contribution in [2.75, 3.05) is 26.2 Å². The van der Waals surface area contributed by atoms with Gasteiger partial charge in [0.15, 0.2) is 0 Å². The molecule has 1 aromatic carbocycles. The molecular formula is C27H30N2O3S2. The number of benzene rings is 1. The van der Waals surface area contributed by atoms with Crippen LogP contribution in [0.15, 0.2) is 47.2 Å². The molecule has 1 aliphatic carbocycles. The van der Waals surface area contributed by atoms with Crippen LogP contribution in [0.3, 0.4) is 0 Å². The second-order valence-corrected chi connectivity index (χ2v) is 11.3. The van der Waals surface area contributed by atoms with Gasteiger partial charge in [0.2, 0.25) is 5.91 Å². The van der Waals surface area contributed by atoms with Crippen molar-refractivity contribution in [2.45, 2.75) is 39.2 Å². The average Bonchev–Trinajstić information content (AvgIpc) is 3.26. The summed E-state index contributed by atoms with van der Waals surface area (Å²) in [6, 6.07) is 11.9. The molecule has 5 rings (SSSR count). The van der Waals surface area contributed by atoms with E-state index in [0.29, 0.717) is 30.5 Å². The van der Waals surface area contributed by atoms with E-state index in [-0.39, 0.29) is 24.4 Å². The molecule has 0 bridgehead atoms. The molecule has 0 saturated heterocycles. The number of hydrogen-bond donors (Lipinski definition) is 0. The lowest BCUT2D eigenvalue weighted by atomic mass is 10.00. The molecule has 7 heteroatoms. The topological polar surface area (TPSA) is 49.9 Å². The largest absolute Gasteiger partial charge is 0.491 e. The molecule has 1 atom stereocenters. The van der Waals surface area contributed by atoms with E-state index in [0.717, 1.165) is 30.6 Å². The highest BCUT2D eigenvalue weighted by molar-refractivity contribution is 7.12. The van der Waals surface area contributed by atoms with Crippen molar-refractivity contribution < 1.29 is 14.3 Å². The second-order valence-electron chi connectivity index (χ2n) is 9.34. The van der Waals surface area contributed by atoms with Crippen LogP contribution in [0.4, 0.5) is 0 Å². The summed E-state index contributed by atoms with van der Waals surface area (Å²) in [6.07, 6.45) is 3.12. The van der Waals surface area contributed by atoms with Gasteiger partial charge in [0, 0.05) is 18.0 Å². The van der Waals surface area contributed by atoms with Crippen molar-refractivity contribution >= 4 is 34.5 Å². The number of fused-ring (bicyclic) bond motifs is 1. The van der Waals surface area contributed by atoms with E-state index in [1.807, 2.05) is 41.5 Å². The lowest BCUT2D eigenvalue weighted by Gasteiger charge is -2.37. The van der Waals surface area contributed by atoms with Gasteiger partial charge in [0.1, 0.15) is 18.9 Å². The molecule has 1 saturated carbocycles. The minimum Gasteiger partial charge on any atom is -0.491 e. The zero-order valence-electron chi connectivity index (χ0n) is 19.7. The summed E-state index contributed by atoms with van der Waals surface area (Å²) in [5, 5.41) is 4.01. The standard InChI is InChI=1S/C27H30N2O3S2/c1-18-5-8-23(19(2)14-18)32-17-22-21-10-13-34-24(21)9-11-29(22)26(30)16-28(15-20-6-7-20)27(31)25-4-3-12-33-25/h3-5,8,10,12-14,20,22H,6-7,9,11,15-17H2,1-2H3. The van der Waals surface area contributed by atoms with Gasteiger partial charge >= 0.3 is 0 Å². The Bertz CT molecular complexity index is 1170. The predicted octanol–water partition coefficient (Wildman–Crippen LogP) is 5.48. The van der Waals surface area contributed by atoms with Gasteiger partial charge in [-0.2, -0.15) is 0 Å². The predicted molar refractivity (Wildman–Crippen MR) is 137 cm³/mol. The highest BCUT2D eigenvalue weighted by Gasteiger charge is 2.35. The van der Waals surface area contributed by atoms with Crippen molar-refractivity contribution in [1.82, 2.24) is 9.80 Å². The Morgan fingerprint density at radius 2 is 1.97 bits per heavy atom. The van der Waals surface area contributed by atoms with Crippen LogP contribution < -0.4 is 4.74 Å². The van der Waals surface area contributed by atoms with E-state index in [2.05, 4.69) is 24.4 Å². The number of amides is 2. The molecule has 1 fully saturated rings. The third-order valence-electron chi connectivity index (χ3n) is 6.66. The summed E-state index contributed by atoms with van der Waals surface area (Å²) in [6.45, 7) is 5.95. The van der Waals surface area contributed by atoms with Crippen LogP contribution in [0.1, 0.15) is 50.1 Å². The van der Waals surface area contributed by atoms with Crippen LogP contribution in [0.25, 0.3) is 0 Å². The minimum absolute atomic E-state index is 0.00312. The summed E-state index contributed by atoms with van der Waals surface area (Å²) >= 11 is 3.18. The van der Waals surface area contributed by atoms with Crippen molar-refractivity contribution in [1.29, 1.82) is 0 Å². The summed E-state index contributed by atoms with van der Waals surface area (Å²) in [4.78, 5) is 32.5. The molecule has 0 spiro atoms. The first-order valence-corrected chi connectivity index (χ1v) is 13.6. The summed E-state index contributed by atoms with van der Waals surface area (Å²) in [7, 11) is 0. The fraction of sp³-hybridized carbons (Fsp3) is 0.407. The Kier molecular flexibility index (Phi) is 6.75. The molecule has 0 N–H and O–H groups in total. The van der Waals surface area contributed by atoms with Crippen LogP contribution in [0.5, 0.6) is 5.75 Å². The van der Waals surface area contributed by atoms with E-state index < -0.39 is 0 Å². The molecule has 2 aromatic heterocycles. The number of nitrogens with zero attached hydrogens (tertiary/aromatic N) is 2. The Morgan fingerprint density at radius 1 is 1.12 bits per heavy atom. The van der Waals surface area contributed by atoms with E-state index in [1.165, 1.54) is 27.3 Å². The van der Waals surface area contributed by atoms with Crippen molar-refractivity contribution in [3.63, 3.8) is 0 Å². The van der Waals surface area contributed by atoms with E-state index in [9.17, 15) is 9.59 Å². The van der Waals surface area contributed by atoms with Gasteiger partial charge in [-0.15, -0.1) is 22.7 Å². The van der Waals surface area contributed by atoms with Gasteiger partial charge in [-0.1, -0.05) is 23.8 Å². The molecular weight excluding hydrogens is 464 g/mol. The maximum atomic E-state index is 13.6. The second kappa shape index (κ2) is 9.92. The highest BCUT2D eigenvalue weighted by atomic mass is 32.1. The molecule has 2 amide bonds. The van der Waals surface area contributed by atoms with Gasteiger partial charge in [0.05, 0.1) is 10.9 Å². The molecule has 1 unspecified atom stereocenters. The molecule has 5 nitrogen and oxygen atoms in total. The number of rotatable bonds is 8. The molecule has 0 radical (unpaired) electrons. The third kappa shape index (κ3) is 5.05. The fourth-order valence-electron chi connectivity index (χ4n) is 4.65. The van der Waals surface area contributed by atoms with Crippen LogP contribution in [0, 0.1) is 19.8 Å². The zero-order valence-corrected chi connectivity index (χ0v) is 21.3. The number of aryl methyl sites for hydroxylation is 2. The van der Waals surface area contributed by atoms with Crippen LogP contribution in [-0.2, 0) is 11.2 Å². The lowest BCUT2D eigenvalue weighted by Crippen LogP contribution is -2.48. The van der Waals surface area contributed by atoms with Gasteiger partial charge in [-0.05, 0) is 79.1 Å². The van der Waals surface area contributed by atoms with E-state index in [1.54, 1.807) is 16.2 Å². The monoisotopic (exact) mass is 494 g/mol. The zero-order chi connectivity index (χ0) is 23.7. The Morgan fingerprint density at radius 3 is 2.71 bits per heavy atom. The minimum atomic E-state index is -0.150. The van der Waals surface area contributed by atoms with Gasteiger partial charge in [0.25, 0.3) is 5.91 Å². The summed E-state index contributed by atoms with van der Waals surface area (Å²) < 4.78 is 6.26. The average molecular weight is 495 g/mol. The van der Waals surface area contributed by atoms with Crippen LogP contribution in [0.2, 0.25) is 0 Å². The first kappa shape index (κ1) is 23.1. The van der Waals surface area contributed by atoms with Crippen LogP contribution >= 0.6 is 22.7 Å². The Hall–Kier alpha value is -2.64. The number of hydrogen-bond acceptors (Lipinski definition) is 5. The van der Waals surface area contributed by atoms with Crippen molar-refractivity contribution in [2.24, 2.45) is 5.92 Å². The summed E-state index contributed by atoms with van der Waals surface area (Å²) in [5.74, 6) is 1.33. The lowest BCUT2D eigenvalue weighted by molar-refractivity contribution is -0.135. The maximum Gasteiger partial charge on any atom is 0.264 e. The maximum absolute atomic E-state index is 13.6. The normalized spacial score (nSPS) is 17.4. The molecule has 3 heterocycles. The number of ether oxygens (including phenoxy) is 1. The SMILES string of the molecule is Cc1ccc(OCC2c3ccsc3CCN2C(=O)CN(CC2CC2)C(=O)c2cccs2)c(C)c1. The fourth-order valence-corrected chi connectivity index (χ4v) is 6.27. The smallest absolute Gasteiger partial charge is 0.264 e. The number of thiophene rings is 2. The Labute approximate surface area is 209 Å². The third-order valence-corrected chi connectivity index (χ3v) is 8.52. The summed E-state index contributed by atoms with van der Waals surface area (Å²) in [5.41, 5.74) is 3.47. The molecule has 178 valence electrons. The van der Waals surface area contributed by atoms with Crippen molar-refractivity contribution in [3.05, 3.63) is 73.6 Å². The van der Waals surface area contributed by atoms with Crippen molar-refractivity contribution in [3.8, 4) is 5.75 Å². The van der Waals surface area contributed by atoms with Crippen LogP contribution in [-0.4, -0.2) is 47.9 Å². The first-order valence-electron chi connectivity index (χ1n) is 11.9.